The van der Waals surface area contributed by atoms with Gasteiger partial charge in [-0.25, -0.2) is 4.39 Å². The zero-order valence-electron chi connectivity index (χ0n) is 14.5. The van der Waals surface area contributed by atoms with E-state index in [9.17, 15) is 14.0 Å². The van der Waals surface area contributed by atoms with E-state index in [1.54, 1.807) is 25.1 Å². The van der Waals surface area contributed by atoms with Crippen molar-refractivity contribution < 1.29 is 14.0 Å². The predicted octanol–water partition coefficient (Wildman–Crippen LogP) is 3.32. The Morgan fingerprint density at radius 3 is 2.38 bits per heavy atom. The molecule has 0 radical (unpaired) electrons. The average Bonchev–Trinajstić information content (AvgIpc) is 2.64. The van der Waals surface area contributed by atoms with Crippen LogP contribution in [0.2, 0.25) is 0 Å². The number of nitrogens with one attached hydrogen (secondary N) is 2. The quantitative estimate of drug-likeness (QED) is 0.711. The summed E-state index contributed by atoms with van der Waals surface area (Å²) in [6.07, 6.45) is 0.883. The number of fused-ring (bicyclic) bond motifs is 1. The number of hydrogen-bond donors (Lipinski definition) is 2. The van der Waals surface area contributed by atoms with Crippen LogP contribution in [0.1, 0.15) is 38.9 Å². The lowest BCUT2D eigenvalue weighted by atomic mass is 10.1. The molecule has 0 aliphatic heterocycles. The van der Waals surface area contributed by atoms with Crippen molar-refractivity contribution in [2.24, 2.45) is 0 Å². The van der Waals surface area contributed by atoms with Gasteiger partial charge >= 0.3 is 0 Å². The van der Waals surface area contributed by atoms with Gasteiger partial charge in [0.15, 0.2) is 0 Å². The lowest BCUT2D eigenvalue weighted by Crippen LogP contribution is -2.41. The molecule has 26 heavy (non-hydrogen) atoms. The highest BCUT2D eigenvalue weighted by atomic mass is 19.1. The van der Waals surface area contributed by atoms with Crippen molar-refractivity contribution in [2.45, 2.75) is 20.3 Å². The van der Waals surface area contributed by atoms with E-state index in [0.717, 1.165) is 12.0 Å². The van der Waals surface area contributed by atoms with Gasteiger partial charge in [-0.05, 0) is 49.2 Å². The van der Waals surface area contributed by atoms with Gasteiger partial charge in [0.25, 0.3) is 11.8 Å². The first-order valence-electron chi connectivity index (χ1n) is 8.24. The van der Waals surface area contributed by atoms with Gasteiger partial charge < -0.3 is 0 Å². The van der Waals surface area contributed by atoms with E-state index < -0.39 is 17.6 Å². The Kier molecular flexibility index (Phi) is 4.93. The summed E-state index contributed by atoms with van der Waals surface area (Å²) in [5.74, 6) is -1.33. The number of benzene rings is 2. The highest BCUT2D eigenvalue weighted by molar-refractivity contribution is 6.07. The molecule has 2 N–H and O–H groups in total. The summed E-state index contributed by atoms with van der Waals surface area (Å²) in [7, 11) is 0. The second-order valence-electron chi connectivity index (χ2n) is 5.93. The van der Waals surface area contributed by atoms with Gasteiger partial charge in [-0.3, -0.25) is 25.4 Å². The summed E-state index contributed by atoms with van der Waals surface area (Å²) >= 11 is 0. The van der Waals surface area contributed by atoms with Gasteiger partial charge in [-0.2, -0.15) is 0 Å². The monoisotopic (exact) mass is 351 g/mol. The van der Waals surface area contributed by atoms with E-state index in [-0.39, 0.29) is 0 Å². The molecule has 3 aromatic rings. The molecule has 0 saturated heterocycles. The molecule has 0 bridgehead atoms. The van der Waals surface area contributed by atoms with Crippen molar-refractivity contribution in [3.05, 3.63) is 76.7 Å². The first kappa shape index (κ1) is 17.5. The van der Waals surface area contributed by atoms with E-state index in [1.807, 2.05) is 19.1 Å². The summed E-state index contributed by atoms with van der Waals surface area (Å²) < 4.78 is 13.4. The number of hydrazine groups is 1. The van der Waals surface area contributed by atoms with Gasteiger partial charge in [0, 0.05) is 22.7 Å². The van der Waals surface area contributed by atoms with Gasteiger partial charge in [0.2, 0.25) is 0 Å². The number of nitrogens with zero attached hydrogens (tertiary/aromatic N) is 1. The molecule has 0 spiro atoms. The topological polar surface area (TPSA) is 71.1 Å². The molecular formula is C20H18FN3O2. The highest BCUT2D eigenvalue weighted by Crippen LogP contribution is 2.19. The normalized spacial score (nSPS) is 10.6. The number of aryl methyl sites for hydroxylation is 2. The molecule has 0 aliphatic carbocycles. The zero-order valence-corrected chi connectivity index (χ0v) is 14.5. The fourth-order valence-corrected chi connectivity index (χ4v) is 2.67. The third-order valence-corrected chi connectivity index (χ3v) is 4.06. The molecule has 0 saturated carbocycles. The second-order valence-corrected chi connectivity index (χ2v) is 5.93. The number of pyridine rings is 1. The van der Waals surface area contributed by atoms with Crippen molar-refractivity contribution in [3.63, 3.8) is 0 Å². The molecule has 132 valence electrons. The summed E-state index contributed by atoms with van der Waals surface area (Å²) in [5.41, 5.74) is 7.64. The lowest BCUT2D eigenvalue weighted by Gasteiger charge is -2.10. The van der Waals surface area contributed by atoms with Crippen molar-refractivity contribution >= 4 is 22.7 Å². The number of rotatable bonds is 3. The van der Waals surface area contributed by atoms with E-state index in [2.05, 4.69) is 15.8 Å². The highest BCUT2D eigenvalue weighted by Gasteiger charge is 2.14. The second kappa shape index (κ2) is 7.31. The number of halogens is 1. The molecule has 2 amide bonds. The van der Waals surface area contributed by atoms with E-state index in [4.69, 9.17) is 0 Å². The first-order valence-corrected chi connectivity index (χ1v) is 8.24. The molecule has 3 rings (SSSR count). The molecule has 1 aromatic heterocycles. The fourth-order valence-electron chi connectivity index (χ4n) is 2.67. The van der Waals surface area contributed by atoms with Crippen molar-refractivity contribution in [2.75, 3.05) is 0 Å². The van der Waals surface area contributed by atoms with E-state index >= 15 is 0 Å². The van der Waals surface area contributed by atoms with Crippen LogP contribution in [0.4, 0.5) is 4.39 Å². The third-order valence-electron chi connectivity index (χ3n) is 4.06. The van der Waals surface area contributed by atoms with Crippen LogP contribution in [0.3, 0.4) is 0 Å². The molecule has 0 aliphatic rings. The van der Waals surface area contributed by atoms with Crippen LogP contribution >= 0.6 is 0 Å². The minimum absolute atomic E-state index is 0.314. The van der Waals surface area contributed by atoms with Crippen molar-refractivity contribution in [1.29, 1.82) is 0 Å². The maximum atomic E-state index is 13.4. The number of aromatic nitrogens is 1. The fraction of sp³-hybridized carbons (Fsp3) is 0.150. The number of hydrogen-bond acceptors (Lipinski definition) is 3. The molecular weight excluding hydrogens is 333 g/mol. The summed E-state index contributed by atoms with van der Waals surface area (Å²) in [6.45, 7) is 3.75. The Bertz CT molecular complexity index is 979. The Morgan fingerprint density at radius 1 is 1.00 bits per heavy atom. The third kappa shape index (κ3) is 3.69. The van der Waals surface area contributed by atoms with Crippen LogP contribution in [0.15, 0.2) is 48.5 Å². The van der Waals surface area contributed by atoms with Crippen LogP contribution in [0, 0.1) is 12.7 Å². The Balaban J connectivity index is 1.77. The Labute approximate surface area is 150 Å². The van der Waals surface area contributed by atoms with Crippen LogP contribution in [0.5, 0.6) is 0 Å². The SMILES string of the molecule is CCc1ccc(C(=O)NNC(=O)c2cc(C)nc3cc(F)ccc23)cc1. The minimum Gasteiger partial charge on any atom is -0.267 e. The number of carbonyl (C=O) groups is 2. The molecule has 5 nitrogen and oxygen atoms in total. The maximum absolute atomic E-state index is 13.4. The summed E-state index contributed by atoms with van der Waals surface area (Å²) in [6, 6.07) is 12.8. The number of amides is 2. The van der Waals surface area contributed by atoms with Crippen LogP contribution in [-0.4, -0.2) is 16.8 Å². The standard InChI is InChI=1S/C20H18FN3O2/c1-3-13-4-6-14(7-5-13)19(25)23-24-20(26)17-10-12(2)22-18-11-15(21)8-9-16(17)18/h4-11H,3H2,1-2H3,(H,23,25)(H,24,26). The smallest absolute Gasteiger partial charge is 0.267 e. The maximum Gasteiger partial charge on any atom is 0.270 e. The Morgan fingerprint density at radius 2 is 1.69 bits per heavy atom. The van der Waals surface area contributed by atoms with Crippen molar-refractivity contribution in [1.82, 2.24) is 15.8 Å². The molecule has 2 aromatic carbocycles. The van der Waals surface area contributed by atoms with Gasteiger partial charge in [0.1, 0.15) is 5.82 Å². The lowest BCUT2D eigenvalue weighted by molar-refractivity contribution is 0.0847. The largest absolute Gasteiger partial charge is 0.270 e. The summed E-state index contributed by atoms with van der Waals surface area (Å²) in [4.78, 5) is 28.9. The van der Waals surface area contributed by atoms with Gasteiger partial charge in [-0.1, -0.05) is 19.1 Å². The molecule has 0 atom stereocenters. The first-order chi connectivity index (χ1) is 12.5. The summed E-state index contributed by atoms with van der Waals surface area (Å²) in [5, 5.41) is 0.510. The van der Waals surface area contributed by atoms with Crippen LogP contribution in [0.25, 0.3) is 10.9 Å². The average molecular weight is 351 g/mol. The predicted molar refractivity (Wildman–Crippen MR) is 97.2 cm³/mol. The van der Waals surface area contributed by atoms with Crippen LogP contribution < -0.4 is 10.9 Å². The Hall–Kier alpha value is -3.28. The zero-order chi connectivity index (χ0) is 18.7. The van der Waals surface area contributed by atoms with Crippen LogP contribution in [-0.2, 0) is 6.42 Å². The number of carbonyl (C=O) groups excluding carboxylic acids is 2. The van der Waals surface area contributed by atoms with Crippen molar-refractivity contribution in [3.8, 4) is 0 Å². The van der Waals surface area contributed by atoms with Gasteiger partial charge in [0.05, 0.1) is 11.1 Å². The van der Waals surface area contributed by atoms with E-state index in [1.165, 1.54) is 18.2 Å². The molecule has 0 unspecified atom stereocenters. The molecule has 6 heteroatoms. The van der Waals surface area contributed by atoms with Gasteiger partial charge in [-0.15, -0.1) is 0 Å². The van der Waals surface area contributed by atoms with E-state index in [0.29, 0.717) is 27.7 Å². The minimum atomic E-state index is -0.495. The molecule has 0 fully saturated rings. The molecule has 1 heterocycles.